The molecule has 0 aliphatic carbocycles. The van der Waals surface area contributed by atoms with E-state index in [-0.39, 0.29) is 17.5 Å². The Hall–Kier alpha value is -1.93. The van der Waals surface area contributed by atoms with E-state index in [2.05, 4.69) is 10.6 Å². The fraction of sp³-hybridized carbons (Fsp3) is 0.333. The standard InChI is InChI=1S/C12H12FN3O/c13-9-3-4-10(8(6-9)7-14)16-12(17)11-2-1-5-15-11/h3-4,6,11,15H,1-2,5H2,(H,16,17)/t11-/m1/s1. The lowest BCUT2D eigenvalue weighted by Gasteiger charge is -2.11. The fourth-order valence-corrected chi connectivity index (χ4v) is 1.85. The minimum absolute atomic E-state index is 0.136. The molecule has 2 N–H and O–H groups in total. The van der Waals surface area contributed by atoms with Gasteiger partial charge in [-0.2, -0.15) is 5.26 Å². The highest BCUT2D eigenvalue weighted by molar-refractivity contribution is 5.96. The second kappa shape index (κ2) is 4.93. The van der Waals surface area contributed by atoms with E-state index in [1.807, 2.05) is 6.07 Å². The molecule has 1 amide bonds. The van der Waals surface area contributed by atoms with Crippen LogP contribution in [0.15, 0.2) is 18.2 Å². The number of nitrogens with one attached hydrogen (secondary N) is 2. The third-order valence-corrected chi connectivity index (χ3v) is 2.74. The number of hydrogen-bond donors (Lipinski definition) is 2. The number of hydrogen-bond acceptors (Lipinski definition) is 3. The normalized spacial score (nSPS) is 18.7. The first-order valence-electron chi connectivity index (χ1n) is 5.44. The van der Waals surface area contributed by atoms with Crippen LogP contribution < -0.4 is 10.6 Å². The maximum absolute atomic E-state index is 12.9. The van der Waals surface area contributed by atoms with Crippen molar-refractivity contribution in [1.82, 2.24) is 5.32 Å². The van der Waals surface area contributed by atoms with Crippen LogP contribution in [0.1, 0.15) is 18.4 Å². The molecule has 0 spiro atoms. The smallest absolute Gasteiger partial charge is 0.241 e. The van der Waals surface area contributed by atoms with E-state index in [0.29, 0.717) is 5.69 Å². The Kier molecular flexibility index (Phi) is 3.35. The molecule has 0 bridgehead atoms. The van der Waals surface area contributed by atoms with Crippen molar-refractivity contribution in [3.63, 3.8) is 0 Å². The summed E-state index contributed by atoms with van der Waals surface area (Å²) >= 11 is 0. The molecule has 0 radical (unpaired) electrons. The monoisotopic (exact) mass is 233 g/mol. The highest BCUT2D eigenvalue weighted by atomic mass is 19.1. The minimum Gasteiger partial charge on any atom is -0.324 e. The molecule has 1 atom stereocenters. The van der Waals surface area contributed by atoms with Crippen LogP contribution in [0.5, 0.6) is 0 Å². The Balaban J connectivity index is 2.13. The van der Waals surface area contributed by atoms with E-state index in [4.69, 9.17) is 5.26 Å². The van der Waals surface area contributed by atoms with Crippen molar-refractivity contribution in [2.75, 3.05) is 11.9 Å². The van der Waals surface area contributed by atoms with Crippen LogP contribution in [0.4, 0.5) is 10.1 Å². The summed E-state index contributed by atoms with van der Waals surface area (Å²) in [7, 11) is 0. The molecule has 0 aromatic heterocycles. The third-order valence-electron chi connectivity index (χ3n) is 2.74. The molecule has 1 aromatic rings. The molecule has 88 valence electrons. The van der Waals surface area contributed by atoms with Gasteiger partial charge in [-0.05, 0) is 37.6 Å². The summed E-state index contributed by atoms with van der Waals surface area (Å²) in [5.74, 6) is -0.663. The number of rotatable bonds is 2. The Morgan fingerprint density at radius 2 is 2.41 bits per heavy atom. The number of carbonyl (C=O) groups excluding carboxylic acids is 1. The van der Waals surface area contributed by atoms with Gasteiger partial charge >= 0.3 is 0 Å². The van der Waals surface area contributed by atoms with E-state index in [0.717, 1.165) is 25.5 Å². The predicted octanol–water partition coefficient (Wildman–Crippen LogP) is 1.39. The van der Waals surface area contributed by atoms with Crippen LogP contribution in [0.2, 0.25) is 0 Å². The minimum atomic E-state index is -0.487. The Morgan fingerprint density at radius 3 is 3.06 bits per heavy atom. The van der Waals surface area contributed by atoms with E-state index in [1.54, 1.807) is 0 Å². The second-order valence-corrected chi connectivity index (χ2v) is 3.94. The van der Waals surface area contributed by atoms with Crippen LogP contribution in [-0.4, -0.2) is 18.5 Å². The zero-order valence-electron chi connectivity index (χ0n) is 9.16. The molecule has 2 rings (SSSR count). The van der Waals surface area contributed by atoms with Crippen molar-refractivity contribution in [3.05, 3.63) is 29.6 Å². The van der Waals surface area contributed by atoms with Crippen molar-refractivity contribution < 1.29 is 9.18 Å². The lowest BCUT2D eigenvalue weighted by Crippen LogP contribution is -2.35. The zero-order chi connectivity index (χ0) is 12.3. The van der Waals surface area contributed by atoms with Gasteiger partial charge in [-0.15, -0.1) is 0 Å². The summed E-state index contributed by atoms with van der Waals surface area (Å²) in [6.07, 6.45) is 1.75. The molecule has 5 heteroatoms. The van der Waals surface area contributed by atoms with Crippen LogP contribution in [-0.2, 0) is 4.79 Å². The van der Waals surface area contributed by atoms with E-state index >= 15 is 0 Å². The predicted molar refractivity (Wildman–Crippen MR) is 60.8 cm³/mol. The zero-order valence-corrected chi connectivity index (χ0v) is 9.16. The van der Waals surface area contributed by atoms with Gasteiger partial charge in [0.2, 0.25) is 5.91 Å². The molecule has 1 aromatic carbocycles. The van der Waals surface area contributed by atoms with Crippen LogP contribution in [0.25, 0.3) is 0 Å². The van der Waals surface area contributed by atoms with Crippen molar-refractivity contribution in [2.24, 2.45) is 0 Å². The largest absolute Gasteiger partial charge is 0.324 e. The first-order valence-corrected chi connectivity index (χ1v) is 5.44. The molecular weight excluding hydrogens is 221 g/mol. The van der Waals surface area contributed by atoms with Crippen molar-refractivity contribution in [1.29, 1.82) is 5.26 Å². The summed E-state index contributed by atoms with van der Waals surface area (Å²) < 4.78 is 12.9. The van der Waals surface area contributed by atoms with Gasteiger partial charge in [0.15, 0.2) is 0 Å². The van der Waals surface area contributed by atoms with E-state index < -0.39 is 5.82 Å². The van der Waals surface area contributed by atoms with Gasteiger partial charge in [0, 0.05) is 0 Å². The molecule has 1 aliphatic heterocycles. The number of nitrogens with zero attached hydrogens (tertiary/aromatic N) is 1. The summed E-state index contributed by atoms with van der Waals surface area (Å²) in [5.41, 5.74) is 0.490. The van der Waals surface area contributed by atoms with E-state index in [1.165, 1.54) is 12.1 Å². The van der Waals surface area contributed by atoms with Crippen LogP contribution in [0, 0.1) is 17.1 Å². The summed E-state index contributed by atoms with van der Waals surface area (Å²) in [5, 5.41) is 14.5. The van der Waals surface area contributed by atoms with Crippen molar-refractivity contribution in [2.45, 2.75) is 18.9 Å². The van der Waals surface area contributed by atoms with E-state index in [9.17, 15) is 9.18 Å². The van der Waals surface area contributed by atoms with Gasteiger partial charge in [0.1, 0.15) is 11.9 Å². The van der Waals surface area contributed by atoms with Gasteiger partial charge < -0.3 is 10.6 Å². The van der Waals surface area contributed by atoms with Crippen LogP contribution in [0.3, 0.4) is 0 Å². The first kappa shape index (κ1) is 11.6. The maximum Gasteiger partial charge on any atom is 0.241 e. The lowest BCUT2D eigenvalue weighted by atomic mass is 10.1. The van der Waals surface area contributed by atoms with Gasteiger partial charge in [-0.1, -0.05) is 0 Å². The number of nitriles is 1. The number of carbonyl (C=O) groups is 1. The molecule has 1 saturated heterocycles. The summed E-state index contributed by atoms with van der Waals surface area (Å²) in [6.45, 7) is 0.826. The molecule has 1 fully saturated rings. The average molecular weight is 233 g/mol. The molecule has 1 heterocycles. The van der Waals surface area contributed by atoms with Gasteiger partial charge in [0.25, 0.3) is 0 Å². The quantitative estimate of drug-likeness (QED) is 0.811. The SMILES string of the molecule is N#Cc1cc(F)ccc1NC(=O)[C@H]1CCCN1. The average Bonchev–Trinajstić information content (AvgIpc) is 2.85. The van der Waals surface area contributed by atoms with Gasteiger partial charge in [0.05, 0.1) is 17.3 Å². The lowest BCUT2D eigenvalue weighted by molar-refractivity contribution is -0.117. The number of anilines is 1. The number of amides is 1. The number of benzene rings is 1. The molecule has 17 heavy (non-hydrogen) atoms. The highest BCUT2D eigenvalue weighted by Gasteiger charge is 2.22. The van der Waals surface area contributed by atoms with Crippen molar-refractivity contribution in [3.8, 4) is 6.07 Å². The Morgan fingerprint density at radius 1 is 1.59 bits per heavy atom. The van der Waals surface area contributed by atoms with Gasteiger partial charge in [-0.25, -0.2) is 4.39 Å². The maximum atomic E-state index is 12.9. The molecule has 0 saturated carbocycles. The topological polar surface area (TPSA) is 64.9 Å². The second-order valence-electron chi connectivity index (χ2n) is 3.94. The van der Waals surface area contributed by atoms with Gasteiger partial charge in [-0.3, -0.25) is 4.79 Å². The third kappa shape index (κ3) is 2.60. The number of halogens is 1. The molecule has 1 aliphatic rings. The molecule has 0 unspecified atom stereocenters. The molecule has 4 nitrogen and oxygen atoms in total. The van der Waals surface area contributed by atoms with Crippen molar-refractivity contribution >= 4 is 11.6 Å². The summed E-state index contributed by atoms with van der Waals surface area (Å²) in [6, 6.07) is 5.37. The fourth-order valence-electron chi connectivity index (χ4n) is 1.85. The summed E-state index contributed by atoms with van der Waals surface area (Å²) in [4.78, 5) is 11.8. The first-order chi connectivity index (χ1) is 8.20. The Bertz CT molecular complexity index is 475. The Labute approximate surface area is 98.4 Å². The highest BCUT2D eigenvalue weighted by Crippen LogP contribution is 2.17. The molecular formula is C12H12FN3O. The van der Waals surface area contributed by atoms with Crippen LogP contribution >= 0.6 is 0 Å².